The van der Waals surface area contributed by atoms with E-state index in [-0.39, 0.29) is 18.2 Å². The van der Waals surface area contributed by atoms with Crippen LogP contribution in [0, 0.1) is 5.82 Å². The van der Waals surface area contributed by atoms with Crippen molar-refractivity contribution in [1.82, 2.24) is 5.32 Å². The number of halogens is 3. The Bertz CT molecular complexity index is 425. The molecule has 0 heterocycles. The average Bonchev–Trinajstić information content (AvgIpc) is 2.34. The van der Waals surface area contributed by atoms with E-state index in [0.29, 0.717) is 0 Å². The number of rotatable bonds is 4. The van der Waals surface area contributed by atoms with Gasteiger partial charge >= 0.3 is 0 Å². The van der Waals surface area contributed by atoms with Gasteiger partial charge < -0.3 is 5.32 Å². The second-order valence-electron chi connectivity index (χ2n) is 3.86. The van der Waals surface area contributed by atoms with E-state index in [2.05, 4.69) is 33.4 Å². The van der Waals surface area contributed by atoms with Crippen molar-refractivity contribution in [3.8, 4) is 0 Å². The Kier molecular flexibility index (Phi) is 6.33. The fraction of sp³-hybridized carbons (Fsp3) is 0.143. The first-order chi connectivity index (χ1) is 8.24. The van der Waals surface area contributed by atoms with Crippen LogP contribution < -0.4 is 5.32 Å². The van der Waals surface area contributed by atoms with Crippen molar-refractivity contribution >= 4 is 28.3 Å². The van der Waals surface area contributed by atoms with E-state index in [9.17, 15) is 4.39 Å². The molecule has 2 aromatic rings. The Labute approximate surface area is 121 Å². The lowest BCUT2D eigenvalue weighted by Crippen LogP contribution is -2.12. The Balaban J connectivity index is 0.00000162. The zero-order valence-corrected chi connectivity index (χ0v) is 12.1. The summed E-state index contributed by atoms with van der Waals surface area (Å²) < 4.78 is 13.8. The minimum atomic E-state index is -0.193. The SMILES string of the molecule is Cl.Fc1ccc(CNCc2ccc(Br)cc2)cc1. The van der Waals surface area contributed by atoms with E-state index in [4.69, 9.17) is 0 Å². The van der Waals surface area contributed by atoms with Gasteiger partial charge in [-0.15, -0.1) is 12.4 Å². The van der Waals surface area contributed by atoms with Crippen LogP contribution in [0.1, 0.15) is 11.1 Å². The molecule has 0 aliphatic carbocycles. The smallest absolute Gasteiger partial charge is 0.123 e. The molecular weight excluding hydrogens is 317 g/mol. The second-order valence-corrected chi connectivity index (χ2v) is 4.77. The molecule has 4 heteroatoms. The fourth-order valence-corrected chi connectivity index (χ4v) is 1.82. The molecule has 0 amide bonds. The topological polar surface area (TPSA) is 12.0 Å². The molecule has 0 spiro atoms. The molecule has 96 valence electrons. The molecule has 0 bridgehead atoms. The molecule has 1 nitrogen and oxygen atoms in total. The van der Waals surface area contributed by atoms with Gasteiger partial charge in [-0.05, 0) is 35.4 Å². The quantitative estimate of drug-likeness (QED) is 0.881. The Morgan fingerprint density at radius 3 is 1.78 bits per heavy atom. The average molecular weight is 331 g/mol. The van der Waals surface area contributed by atoms with E-state index < -0.39 is 0 Å². The first-order valence-corrected chi connectivity index (χ1v) is 6.23. The van der Waals surface area contributed by atoms with Gasteiger partial charge in [-0.3, -0.25) is 0 Å². The van der Waals surface area contributed by atoms with Gasteiger partial charge in [0.25, 0.3) is 0 Å². The molecule has 2 aromatic carbocycles. The van der Waals surface area contributed by atoms with Crippen LogP contribution >= 0.6 is 28.3 Å². The highest BCUT2D eigenvalue weighted by atomic mass is 79.9. The van der Waals surface area contributed by atoms with Crippen molar-refractivity contribution in [1.29, 1.82) is 0 Å². The number of nitrogens with one attached hydrogen (secondary N) is 1. The number of hydrogen-bond donors (Lipinski definition) is 1. The summed E-state index contributed by atoms with van der Waals surface area (Å²) in [6.45, 7) is 1.56. The third kappa shape index (κ3) is 4.77. The molecule has 0 unspecified atom stereocenters. The van der Waals surface area contributed by atoms with Crippen LogP contribution in [0.25, 0.3) is 0 Å². The maximum Gasteiger partial charge on any atom is 0.123 e. The van der Waals surface area contributed by atoms with E-state index in [1.54, 1.807) is 12.1 Å². The second kappa shape index (κ2) is 7.52. The van der Waals surface area contributed by atoms with E-state index in [1.807, 2.05) is 12.1 Å². The molecule has 0 saturated heterocycles. The summed E-state index contributed by atoms with van der Waals surface area (Å²) in [5, 5.41) is 3.32. The van der Waals surface area contributed by atoms with Crippen LogP contribution in [-0.4, -0.2) is 0 Å². The van der Waals surface area contributed by atoms with Crippen LogP contribution in [0.4, 0.5) is 4.39 Å². The molecule has 0 aliphatic heterocycles. The van der Waals surface area contributed by atoms with Crippen LogP contribution in [0.15, 0.2) is 53.0 Å². The lowest BCUT2D eigenvalue weighted by molar-refractivity contribution is 0.625. The Morgan fingerprint density at radius 2 is 1.28 bits per heavy atom. The summed E-state index contributed by atoms with van der Waals surface area (Å²) >= 11 is 3.40. The fourth-order valence-electron chi connectivity index (χ4n) is 1.56. The van der Waals surface area contributed by atoms with Gasteiger partial charge in [0.1, 0.15) is 5.82 Å². The van der Waals surface area contributed by atoms with Gasteiger partial charge in [0, 0.05) is 17.6 Å². The van der Waals surface area contributed by atoms with Gasteiger partial charge in [0.15, 0.2) is 0 Å². The summed E-state index contributed by atoms with van der Waals surface area (Å²) in [5.41, 5.74) is 2.32. The minimum absolute atomic E-state index is 0. The Morgan fingerprint density at radius 1 is 0.833 bits per heavy atom. The normalized spacial score (nSPS) is 9.89. The molecule has 0 radical (unpaired) electrons. The summed E-state index contributed by atoms with van der Waals surface area (Å²) in [7, 11) is 0. The summed E-state index contributed by atoms with van der Waals surface area (Å²) in [6, 6.07) is 14.7. The highest BCUT2D eigenvalue weighted by molar-refractivity contribution is 9.10. The standard InChI is InChI=1S/C14H13BrFN.ClH/c15-13-5-1-11(2-6-13)9-17-10-12-3-7-14(16)8-4-12;/h1-8,17H,9-10H2;1H. The van der Waals surface area contributed by atoms with Crippen LogP contribution in [0.5, 0.6) is 0 Å². The van der Waals surface area contributed by atoms with Crippen LogP contribution in [0.2, 0.25) is 0 Å². The first kappa shape index (κ1) is 15.2. The molecule has 0 atom stereocenters. The van der Waals surface area contributed by atoms with Gasteiger partial charge in [-0.25, -0.2) is 4.39 Å². The van der Waals surface area contributed by atoms with Crippen LogP contribution in [-0.2, 0) is 13.1 Å². The highest BCUT2D eigenvalue weighted by Gasteiger charge is 1.95. The maximum absolute atomic E-state index is 12.7. The van der Waals surface area contributed by atoms with Gasteiger partial charge in [0.05, 0.1) is 0 Å². The van der Waals surface area contributed by atoms with Crippen molar-refractivity contribution in [3.63, 3.8) is 0 Å². The summed E-state index contributed by atoms with van der Waals surface area (Å²) in [5.74, 6) is -0.193. The van der Waals surface area contributed by atoms with Crippen LogP contribution in [0.3, 0.4) is 0 Å². The zero-order valence-electron chi connectivity index (χ0n) is 9.70. The first-order valence-electron chi connectivity index (χ1n) is 5.43. The van der Waals surface area contributed by atoms with Crippen molar-refractivity contribution in [3.05, 3.63) is 69.9 Å². The van der Waals surface area contributed by atoms with Crippen molar-refractivity contribution in [2.45, 2.75) is 13.1 Å². The summed E-state index contributed by atoms with van der Waals surface area (Å²) in [6.07, 6.45) is 0. The van der Waals surface area contributed by atoms with Crippen molar-refractivity contribution in [2.24, 2.45) is 0 Å². The van der Waals surface area contributed by atoms with Gasteiger partial charge in [0.2, 0.25) is 0 Å². The molecule has 0 saturated carbocycles. The minimum Gasteiger partial charge on any atom is -0.309 e. The molecular formula is C14H14BrClFN. The van der Waals surface area contributed by atoms with Crippen molar-refractivity contribution in [2.75, 3.05) is 0 Å². The van der Waals surface area contributed by atoms with Gasteiger partial charge in [-0.2, -0.15) is 0 Å². The molecule has 18 heavy (non-hydrogen) atoms. The third-order valence-electron chi connectivity index (χ3n) is 2.48. The lowest BCUT2D eigenvalue weighted by Gasteiger charge is -2.05. The monoisotopic (exact) mass is 329 g/mol. The number of hydrogen-bond acceptors (Lipinski definition) is 1. The molecule has 0 aromatic heterocycles. The van der Waals surface area contributed by atoms with Gasteiger partial charge in [-0.1, -0.05) is 40.2 Å². The molecule has 0 aliphatic rings. The zero-order chi connectivity index (χ0) is 12.1. The molecule has 1 N–H and O–H groups in total. The number of benzene rings is 2. The third-order valence-corrected chi connectivity index (χ3v) is 3.01. The highest BCUT2D eigenvalue weighted by Crippen LogP contribution is 2.10. The predicted molar refractivity (Wildman–Crippen MR) is 78.3 cm³/mol. The van der Waals surface area contributed by atoms with Crippen molar-refractivity contribution < 1.29 is 4.39 Å². The van der Waals surface area contributed by atoms with E-state index in [1.165, 1.54) is 17.7 Å². The lowest BCUT2D eigenvalue weighted by atomic mass is 10.2. The van der Waals surface area contributed by atoms with E-state index >= 15 is 0 Å². The summed E-state index contributed by atoms with van der Waals surface area (Å²) in [4.78, 5) is 0. The van der Waals surface area contributed by atoms with E-state index in [0.717, 1.165) is 23.1 Å². The largest absolute Gasteiger partial charge is 0.309 e. The maximum atomic E-state index is 12.7. The predicted octanol–water partition coefficient (Wildman–Crippen LogP) is 4.30. The molecule has 2 rings (SSSR count). The molecule has 0 fully saturated rings. The Hall–Kier alpha value is -0.900.